The van der Waals surface area contributed by atoms with Crippen molar-refractivity contribution >= 4 is 32.7 Å². The largest absolute Gasteiger partial charge is 0.456 e. The SMILES string of the molecule is c1ccc(-c2ccc3cc(-c4cccc(-c5nc(-c6ccccc6)nc(-c6ccc7c(c6)oc6ccccc67)n5)c4)ccc3c2)cc1. The predicted octanol–water partition coefficient (Wildman–Crippen LogP) is 11.3. The van der Waals surface area contributed by atoms with Crippen LogP contribution in [-0.4, -0.2) is 15.0 Å². The fraction of sp³-hybridized carbons (Fsp3) is 0. The number of benzene rings is 7. The molecule has 0 unspecified atom stereocenters. The van der Waals surface area contributed by atoms with Crippen molar-refractivity contribution in [1.29, 1.82) is 0 Å². The van der Waals surface area contributed by atoms with Crippen molar-refractivity contribution in [2.45, 2.75) is 0 Å². The van der Waals surface area contributed by atoms with E-state index in [9.17, 15) is 0 Å². The molecule has 2 heterocycles. The zero-order valence-corrected chi connectivity index (χ0v) is 25.3. The summed E-state index contributed by atoms with van der Waals surface area (Å²) in [6.07, 6.45) is 0. The van der Waals surface area contributed by atoms with E-state index in [0.717, 1.165) is 49.8 Å². The average molecular weight is 602 g/mol. The zero-order chi connectivity index (χ0) is 31.2. The molecule has 4 nitrogen and oxygen atoms in total. The molecular formula is C43H27N3O. The molecule has 0 radical (unpaired) electrons. The maximum Gasteiger partial charge on any atom is 0.164 e. The van der Waals surface area contributed by atoms with Crippen molar-refractivity contribution in [3.8, 4) is 56.4 Å². The molecule has 7 aromatic carbocycles. The molecule has 0 saturated carbocycles. The van der Waals surface area contributed by atoms with Gasteiger partial charge in [0, 0.05) is 27.5 Å². The van der Waals surface area contributed by atoms with E-state index in [0.29, 0.717) is 17.5 Å². The molecule has 0 aliphatic rings. The van der Waals surface area contributed by atoms with E-state index in [1.165, 1.54) is 21.9 Å². The Morgan fingerprint density at radius 2 is 0.787 bits per heavy atom. The van der Waals surface area contributed by atoms with Gasteiger partial charge in [0.15, 0.2) is 17.5 Å². The molecule has 0 fully saturated rings. The quantitative estimate of drug-likeness (QED) is 0.197. The van der Waals surface area contributed by atoms with Gasteiger partial charge in [-0.3, -0.25) is 0 Å². The van der Waals surface area contributed by atoms with Gasteiger partial charge in [-0.25, -0.2) is 15.0 Å². The van der Waals surface area contributed by atoms with Crippen LogP contribution in [0, 0.1) is 0 Å². The minimum absolute atomic E-state index is 0.599. The van der Waals surface area contributed by atoms with Gasteiger partial charge in [-0.15, -0.1) is 0 Å². The first kappa shape index (κ1) is 27.0. The molecule has 47 heavy (non-hydrogen) atoms. The Balaban J connectivity index is 1.13. The Morgan fingerprint density at radius 1 is 0.298 bits per heavy atom. The Kier molecular flexibility index (Phi) is 6.43. The number of furan rings is 1. The van der Waals surface area contributed by atoms with Gasteiger partial charge in [0.05, 0.1) is 0 Å². The van der Waals surface area contributed by atoms with Crippen molar-refractivity contribution in [3.63, 3.8) is 0 Å². The Morgan fingerprint density at radius 3 is 1.51 bits per heavy atom. The highest BCUT2D eigenvalue weighted by Gasteiger charge is 2.15. The minimum Gasteiger partial charge on any atom is -0.456 e. The molecule has 9 rings (SSSR count). The predicted molar refractivity (Wildman–Crippen MR) is 192 cm³/mol. The Bertz CT molecular complexity index is 2570. The maximum atomic E-state index is 6.20. The summed E-state index contributed by atoms with van der Waals surface area (Å²) in [4.78, 5) is 14.9. The first-order valence-electron chi connectivity index (χ1n) is 15.7. The van der Waals surface area contributed by atoms with Crippen LogP contribution in [0.2, 0.25) is 0 Å². The molecule has 0 N–H and O–H groups in total. The molecule has 0 aliphatic heterocycles. The first-order valence-corrected chi connectivity index (χ1v) is 15.7. The van der Waals surface area contributed by atoms with Gasteiger partial charge in [-0.05, 0) is 69.4 Å². The van der Waals surface area contributed by atoms with Crippen LogP contribution in [0.15, 0.2) is 168 Å². The van der Waals surface area contributed by atoms with Crippen LogP contribution >= 0.6 is 0 Å². The zero-order valence-electron chi connectivity index (χ0n) is 25.3. The molecule has 0 amide bonds. The highest BCUT2D eigenvalue weighted by atomic mass is 16.3. The molecule has 0 bridgehead atoms. The fourth-order valence-corrected chi connectivity index (χ4v) is 6.29. The summed E-state index contributed by atoms with van der Waals surface area (Å²) in [5.41, 5.74) is 9.07. The summed E-state index contributed by atoms with van der Waals surface area (Å²) in [5.74, 6) is 1.84. The van der Waals surface area contributed by atoms with Gasteiger partial charge in [-0.2, -0.15) is 0 Å². The summed E-state index contributed by atoms with van der Waals surface area (Å²) < 4.78 is 6.20. The third-order valence-electron chi connectivity index (χ3n) is 8.71. The van der Waals surface area contributed by atoms with Crippen molar-refractivity contribution in [2.75, 3.05) is 0 Å². The summed E-state index contributed by atoms with van der Waals surface area (Å²) in [7, 11) is 0. The van der Waals surface area contributed by atoms with E-state index >= 15 is 0 Å². The lowest BCUT2D eigenvalue weighted by Crippen LogP contribution is -2.00. The number of aromatic nitrogens is 3. The number of hydrogen-bond donors (Lipinski definition) is 0. The van der Waals surface area contributed by atoms with Crippen molar-refractivity contribution in [2.24, 2.45) is 0 Å². The Hall–Kier alpha value is -6.39. The highest BCUT2D eigenvalue weighted by Crippen LogP contribution is 2.34. The van der Waals surface area contributed by atoms with Crippen LogP contribution in [0.5, 0.6) is 0 Å². The number of rotatable bonds is 5. The lowest BCUT2D eigenvalue weighted by atomic mass is 9.97. The maximum absolute atomic E-state index is 6.20. The molecular weight excluding hydrogens is 574 g/mol. The van der Waals surface area contributed by atoms with E-state index < -0.39 is 0 Å². The molecule has 0 atom stereocenters. The molecule has 0 aliphatic carbocycles. The molecule has 0 spiro atoms. The normalized spacial score (nSPS) is 11.4. The van der Waals surface area contributed by atoms with Crippen LogP contribution in [0.1, 0.15) is 0 Å². The average Bonchev–Trinajstić information content (AvgIpc) is 3.53. The molecule has 9 aromatic rings. The standard InChI is InChI=1S/C43H27N3O/c1-3-10-28(11-4-1)31-18-19-34-25-32(20-21-33(34)24-31)30-14-9-15-35(26-30)42-44-41(29-12-5-2-6-13-29)45-43(46-42)36-22-23-38-37-16-7-8-17-39(37)47-40(38)27-36/h1-27H. The van der Waals surface area contributed by atoms with Gasteiger partial charge in [0.25, 0.3) is 0 Å². The number of hydrogen-bond acceptors (Lipinski definition) is 4. The minimum atomic E-state index is 0.599. The van der Waals surface area contributed by atoms with Crippen LogP contribution in [-0.2, 0) is 0 Å². The van der Waals surface area contributed by atoms with Crippen molar-refractivity contribution in [1.82, 2.24) is 15.0 Å². The second-order valence-electron chi connectivity index (χ2n) is 11.7. The summed E-state index contributed by atoms with van der Waals surface area (Å²) >= 11 is 0. The van der Waals surface area contributed by atoms with Crippen LogP contribution in [0.4, 0.5) is 0 Å². The van der Waals surface area contributed by atoms with Gasteiger partial charge < -0.3 is 4.42 Å². The number of para-hydroxylation sites is 1. The van der Waals surface area contributed by atoms with Gasteiger partial charge >= 0.3 is 0 Å². The van der Waals surface area contributed by atoms with Gasteiger partial charge in [0.2, 0.25) is 0 Å². The molecule has 220 valence electrons. The summed E-state index contributed by atoms with van der Waals surface area (Å²) in [6.45, 7) is 0. The van der Waals surface area contributed by atoms with Crippen LogP contribution in [0.25, 0.3) is 89.1 Å². The second-order valence-corrected chi connectivity index (χ2v) is 11.7. The van der Waals surface area contributed by atoms with Crippen molar-refractivity contribution in [3.05, 3.63) is 164 Å². The number of fused-ring (bicyclic) bond motifs is 4. The fourth-order valence-electron chi connectivity index (χ4n) is 6.29. The van der Waals surface area contributed by atoms with Crippen LogP contribution < -0.4 is 0 Å². The number of nitrogens with zero attached hydrogens (tertiary/aromatic N) is 3. The van der Waals surface area contributed by atoms with Crippen LogP contribution in [0.3, 0.4) is 0 Å². The van der Waals surface area contributed by atoms with Crippen molar-refractivity contribution < 1.29 is 4.42 Å². The Labute approximate surface area is 271 Å². The van der Waals surface area contributed by atoms with Gasteiger partial charge in [-0.1, -0.05) is 127 Å². The summed E-state index contributed by atoms with van der Waals surface area (Å²) in [5, 5.41) is 4.57. The molecule has 4 heteroatoms. The van der Waals surface area contributed by atoms with E-state index in [-0.39, 0.29) is 0 Å². The smallest absolute Gasteiger partial charge is 0.164 e. The molecule has 0 saturated heterocycles. The first-order chi connectivity index (χ1) is 23.2. The van der Waals surface area contributed by atoms with E-state index in [4.69, 9.17) is 19.4 Å². The summed E-state index contributed by atoms with van der Waals surface area (Å²) in [6, 6.07) is 56.5. The van der Waals surface area contributed by atoms with Gasteiger partial charge in [0.1, 0.15) is 11.2 Å². The third kappa shape index (κ3) is 5.02. The highest BCUT2D eigenvalue weighted by molar-refractivity contribution is 6.05. The monoisotopic (exact) mass is 601 g/mol. The van der Waals surface area contributed by atoms with E-state index in [1.807, 2.05) is 60.7 Å². The second kappa shape index (κ2) is 11.2. The van der Waals surface area contributed by atoms with E-state index in [2.05, 4.69) is 103 Å². The third-order valence-corrected chi connectivity index (χ3v) is 8.71. The lowest BCUT2D eigenvalue weighted by molar-refractivity contribution is 0.669. The molecule has 2 aromatic heterocycles. The lowest BCUT2D eigenvalue weighted by Gasteiger charge is -2.10. The topological polar surface area (TPSA) is 51.8 Å². The van der Waals surface area contributed by atoms with E-state index in [1.54, 1.807) is 0 Å².